The summed E-state index contributed by atoms with van der Waals surface area (Å²) >= 11 is 18.8. The van der Waals surface area contributed by atoms with E-state index < -0.39 is 12.1 Å². The molecule has 1 amide bonds. The van der Waals surface area contributed by atoms with E-state index in [1.807, 2.05) is 19.1 Å². The predicted molar refractivity (Wildman–Crippen MR) is 166 cm³/mol. The van der Waals surface area contributed by atoms with Crippen molar-refractivity contribution < 1.29 is 19.4 Å². The molecule has 0 spiro atoms. The van der Waals surface area contributed by atoms with E-state index in [1.165, 1.54) is 22.4 Å². The molecule has 2 N–H and O–H groups in total. The van der Waals surface area contributed by atoms with Gasteiger partial charge in [0.25, 0.3) is 5.91 Å². The van der Waals surface area contributed by atoms with E-state index >= 15 is 0 Å². The molecule has 8 nitrogen and oxygen atoms in total. The number of carboxylic acid groups (broad SMARTS) is 1. The van der Waals surface area contributed by atoms with Gasteiger partial charge in [0.2, 0.25) is 6.10 Å². The Morgan fingerprint density at radius 1 is 1.02 bits per heavy atom. The Kier molecular flexibility index (Phi) is 8.01. The van der Waals surface area contributed by atoms with Crippen LogP contribution in [0.2, 0.25) is 15.1 Å². The molecule has 5 aromatic rings. The molecule has 11 heteroatoms. The van der Waals surface area contributed by atoms with E-state index in [-0.39, 0.29) is 28.3 Å². The fraction of sp³-hybridized carbons (Fsp3) is 0.188. The second-order valence-electron chi connectivity index (χ2n) is 10.3. The van der Waals surface area contributed by atoms with Crippen LogP contribution in [0.15, 0.2) is 72.8 Å². The van der Waals surface area contributed by atoms with Gasteiger partial charge in [-0.1, -0.05) is 70.3 Å². The highest BCUT2D eigenvalue weighted by atomic mass is 35.5. The van der Waals surface area contributed by atoms with Gasteiger partial charge in [0.15, 0.2) is 0 Å². The van der Waals surface area contributed by atoms with Crippen molar-refractivity contribution in [2.45, 2.75) is 38.3 Å². The summed E-state index contributed by atoms with van der Waals surface area (Å²) in [7, 11) is 0. The number of nitrogens with one attached hydrogen (secondary N) is 1. The number of aromatic nitrogens is 3. The first-order valence-electron chi connectivity index (χ1n) is 13.6. The third-order valence-corrected chi connectivity index (χ3v) is 8.54. The summed E-state index contributed by atoms with van der Waals surface area (Å²) in [5.41, 5.74) is 5.44. The number of hydrogen-bond donors (Lipinski definition) is 2. The number of benzene rings is 4. The number of nitrogens with zero attached hydrogens (tertiary/aromatic N) is 3. The fourth-order valence-corrected chi connectivity index (χ4v) is 6.21. The molecule has 2 atom stereocenters. The van der Waals surface area contributed by atoms with E-state index in [2.05, 4.69) is 27.8 Å². The zero-order chi connectivity index (χ0) is 30.2. The molecule has 43 heavy (non-hydrogen) atoms. The topological polar surface area (TPSA) is 106 Å². The van der Waals surface area contributed by atoms with Crippen molar-refractivity contribution in [3.8, 4) is 11.4 Å². The number of rotatable bonds is 7. The number of aliphatic carboxylic acids is 1. The molecule has 0 aliphatic heterocycles. The Morgan fingerprint density at radius 2 is 1.84 bits per heavy atom. The molecule has 1 heterocycles. The molecule has 218 valence electrons. The summed E-state index contributed by atoms with van der Waals surface area (Å²) in [6, 6.07) is 20.9. The zero-order valence-corrected chi connectivity index (χ0v) is 25.1. The highest BCUT2D eigenvalue weighted by molar-refractivity contribution is 6.35. The van der Waals surface area contributed by atoms with Crippen molar-refractivity contribution in [1.82, 2.24) is 20.3 Å². The minimum atomic E-state index is -1.40. The van der Waals surface area contributed by atoms with Crippen molar-refractivity contribution in [2.24, 2.45) is 0 Å². The summed E-state index contributed by atoms with van der Waals surface area (Å²) in [4.78, 5) is 25.5. The van der Waals surface area contributed by atoms with Crippen LogP contribution in [0.4, 0.5) is 0 Å². The molecule has 4 aromatic carbocycles. The quantitative estimate of drug-likeness (QED) is 0.190. The Bertz CT molecular complexity index is 1890. The third-order valence-electron chi connectivity index (χ3n) is 7.66. The van der Waals surface area contributed by atoms with Crippen LogP contribution < -0.4 is 10.1 Å². The first-order chi connectivity index (χ1) is 20.7. The highest BCUT2D eigenvalue weighted by Crippen LogP contribution is 2.34. The number of fused-ring (bicyclic) bond motifs is 2. The van der Waals surface area contributed by atoms with Gasteiger partial charge < -0.3 is 15.2 Å². The molecule has 0 radical (unpaired) electrons. The Labute approximate surface area is 262 Å². The van der Waals surface area contributed by atoms with Crippen LogP contribution in [0, 0.1) is 6.92 Å². The average molecular weight is 636 g/mol. The standard InChI is InChI=1S/C32H25Cl3N4O4/c1-17-21(31(40)36-26-8-4-6-18-5-2-3-7-22(18)26)12-14-27-29(17)37-38-39(27)28-16-20(10-13-24(28)34)43-30(32(41)42)23-11-9-19(33)15-25(23)35/h2-3,5,7,9-16,26,30H,4,6,8H2,1H3,(H,36,40)(H,41,42). The predicted octanol–water partition coefficient (Wildman–Crippen LogP) is 7.70. The molecule has 1 aliphatic carbocycles. The number of carbonyl (C=O) groups is 2. The van der Waals surface area contributed by atoms with Gasteiger partial charge in [-0.15, -0.1) is 5.10 Å². The van der Waals surface area contributed by atoms with Gasteiger partial charge >= 0.3 is 5.97 Å². The Morgan fingerprint density at radius 3 is 2.63 bits per heavy atom. The number of halogens is 3. The largest absolute Gasteiger partial charge is 0.478 e. The van der Waals surface area contributed by atoms with Crippen molar-refractivity contribution in [1.29, 1.82) is 0 Å². The molecule has 0 bridgehead atoms. The first-order valence-corrected chi connectivity index (χ1v) is 14.7. The fourth-order valence-electron chi connectivity index (χ4n) is 5.51. The normalized spacial score (nSPS) is 15.1. The number of ether oxygens (including phenoxy) is 1. The summed E-state index contributed by atoms with van der Waals surface area (Å²) in [6.07, 6.45) is 1.50. The van der Waals surface area contributed by atoms with Gasteiger partial charge in [-0.2, -0.15) is 0 Å². The lowest BCUT2D eigenvalue weighted by Crippen LogP contribution is -2.31. The minimum Gasteiger partial charge on any atom is -0.478 e. The molecule has 1 aliphatic rings. The number of amides is 1. The van der Waals surface area contributed by atoms with Crippen LogP contribution in [-0.4, -0.2) is 32.0 Å². The summed E-state index contributed by atoms with van der Waals surface area (Å²) in [5, 5.41) is 22.6. The maximum Gasteiger partial charge on any atom is 0.349 e. The number of carbonyl (C=O) groups excluding carboxylic acids is 1. The summed E-state index contributed by atoms with van der Waals surface area (Å²) in [5.74, 6) is -1.18. The van der Waals surface area contributed by atoms with E-state index in [9.17, 15) is 14.7 Å². The van der Waals surface area contributed by atoms with Crippen molar-refractivity contribution >= 4 is 57.7 Å². The minimum absolute atomic E-state index is 0.0536. The maximum absolute atomic E-state index is 13.4. The maximum atomic E-state index is 13.4. The van der Waals surface area contributed by atoms with Crippen LogP contribution >= 0.6 is 34.8 Å². The van der Waals surface area contributed by atoms with Gasteiger partial charge in [0.1, 0.15) is 11.3 Å². The van der Waals surface area contributed by atoms with Crippen LogP contribution in [0.1, 0.15) is 57.6 Å². The second-order valence-corrected chi connectivity index (χ2v) is 11.6. The molecule has 1 aromatic heterocycles. The summed E-state index contributed by atoms with van der Waals surface area (Å²) < 4.78 is 7.39. The van der Waals surface area contributed by atoms with Crippen LogP contribution in [0.25, 0.3) is 16.7 Å². The van der Waals surface area contributed by atoms with Crippen molar-refractivity contribution in [3.05, 3.63) is 116 Å². The lowest BCUT2D eigenvalue weighted by Gasteiger charge is -2.26. The first kappa shape index (κ1) is 29.0. The SMILES string of the molecule is Cc1c(C(=O)NC2CCCc3ccccc32)ccc2c1nnn2-c1cc(OC(C(=O)O)c2ccc(Cl)cc2Cl)ccc1Cl. The van der Waals surface area contributed by atoms with Crippen LogP contribution in [0.5, 0.6) is 5.75 Å². The van der Waals surface area contributed by atoms with Gasteiger partial charge in [0.05, 0.1) is 22.3 Å². The number of aryl methyl sites for hydroxylation is 2. The van der Waals surface area contributed by atoms with E-state index in [0.717, 1.165) is 24.8 Å². The Balaban J connectivity index is 1.29. The molecular weight excluding hydrogens is 611 g/mol. The lowest BCUT2D eigenvalue weighted by atomic mass is 9.87. The molecule has 0 fully saturated rings. The molecule has 6 rings (SSSR count). The molecule has 0 saturated carbocycles. The molecule has 2 unspecified atom stereocenters. The van der Waals surface area contributed by atoms with E-state index in [1.54, 1.807) is 36.4 Å². The second kappa shape index (κ2) is 11.9. The van der Waals surface area contributed by atoms with Crippen LogP contribution in [0.3, 0.4) is 0 Å². The molecule has 0 saturated heterocycles. The van der Waals surface area contributed by atoms with Gasteiger partial charge in [-0.25, -0.2) is 9.48 Å². The summed E-state index contributed by atoms with van der Waals surface area (Å²) in [6.45, 7) is 1.83. The van der Waals surface area contributed by atoms with Crippen molar-refractivity contribution in [3.63, 3.8) is 0 Å². The van der Waals surface area contributed by atoms with Gasteiger partial charge in [-0.05, 0) is 79.3 Å². The number of hydrogen-bond acceptors (Lipinski definition) is 5. The number of carboxylic acids is 1. The third kappa shape index (κ3) is 5.66. The van der Waals surface area contributed by atoms with E-state index in [0.29, 0.717) is 37.9 Å². The Hall–Kier alpha value is -4.11. The van der Waals surface area contributed by atoms with Gasteiger partial charge in [0, 0.05) is 27.2 Å². The van der Waals surface area contributed by atoms with Gasteiger partial charge in [-0.3, -0.25) is 4.79 Å². The highest BCUT2D eigenvalue weighted by Gasteiger charge is 2.26. The van der Waals surface area contributed by atoms with E-state index in [4.69, 9.17) is 39.5 Å². The zero-order valence-electron chi connectivity index (χ0n) is 22.9. The van der Waals surface area contributed by atoms with Crippen molar-refractivity contribution in [2.75, 3.05) is 0 Å². The monoisotopic (exact) mass is 634 g/mol. The lowest BCUT2D eigenvalue weighted by molar-refractivity contribution is -0.145. The molecular formula is C32H25Cl3N4O4. The average Bonchev–Trinajstić information content (AvgIpc) is 3.42. The smallest absolute Gasteiger partial charge is 0.349 e. The van der Waals surface area contributed by atoms with Crippen LogP contribution in [-0.2, 0) is 11.2 Å².